The van der Waals surface area contributed by atoms with Crippen molar-refractivity contribution in [3.63, 3.8) is 0 Å². The fourth-order valence-corrected chi connectivity index (χ4v) is 5.45. The van der Waals surface area contributed by atoms with E-state index in [4.69, 9.17) is 0 Å². The molecule has 2 fully saturated rings. The van der Waals surface area contributed by atoms with Crippen LogP contribution in [0.2, 0.25) is 0 Å². The van der Waals surface area contributed by atoms with Crippen molar-refractivity contribution in [2.75, 3.05) is 13.1 Å². The second kappa shape index (κ2) is 5.33. The van der Waals surface area contributed by atoms with Crippen molar-refractivity contribution in [1.29, 1.82) is 0 Å². The zero-order valence-corrected chi connectivity index (χ0v) is 15.4. The fraction of sp³-hybridized carbons (Fsp3) is 0.476. The summed E-state index contributed by atoms with van der Waals surface area (Å²) in [5, 5.41) is 8.56. The highest BCUT2D eigenvalue weighted by Gasteiger charge is 2.68. The number of hydrogen-bond donors (Lipinski definition) is 0. The first-order chi connectivity index (χ1) is 12.9. The molecule has 6 heteroatoms. The molecule has 2 atom stereocenters. The van der Waals surface area contributed by atoms with Crippen molar-refractivity contribution < 1.29 is 13.6 Å². The van der Waals surface area contributed by atoms with Crippen LogP contribution in [-0.4, -0.2) is 34.1 Å². The number of fused-ring (bicyclic) bond motifs is 5. The third kappa shape index (κ3) is 1.93. The first-order valence-corrected chi connectivity index (χ1v) is 9.50. The molecule has 1 aliphatic heterocycles. The summed E-state index contributed by atoms with van der Waals surface area (Å²) in [6.45, 7) is 5.83. The van der Waals surface area contributed by atoms with Crippen LogP contribution in [0, 0.1) is 17.0 Å². The number of benzene rings is 1. The Kier molecular flexibility index (Phi) is 3.31. The molecular weight excluding hydrogens is 348 g/mol. The lowest BCUT2D eigenvalue weighted by atomic mass is 9.67. The number of carbonyl (C=O) groups excluding carboxylic acids is 1. The van der Waals surface area contributed by atoms with E-state index in [1.807, 2.05) is 4.90 Å². The highest BCUT2D eigenvalue weighted by atomic mass is 19.1. The van der Waals surface area contributed by atoms with Crippen LogP contribution < -0.4 is 0 Å². The van der Waals surface area contributed by atoms with Crippen LogP contribution in [0.15, 0.2) is 24.3 Å². The Balaban J connectivity index is 1.67. The molecule has 5 rings (SSSR count). The minimum absolute atomic E-state index is 0.138. The van der Waals surface area contributed by atoms with Gasteiger partial charge in [-0.1, -0.05) is 19.9 Å². The molecule has 4 nitrogen and oxygen atoms in total. The van der Waals surface area contributed by atoms with E-state index in [-0.39, 0.29) is 28.5 Å². The molecule has 1 saturated heterocycles. The zero-order valence-electron chi connectivity index (χ0n) is 15.4. The van der Waals surface area contributed by atoms with Gasteiger partial charge in [0, 0.05) is 13.1 Å². The van der Waals surface area contributed by atoms with E-state index in [0.717, 1.165) is 37.9 Å². The average Bonchev–Trinajstić information content (AvgIpc) is 2.95. The number of hydrogen-bond acceptors (Lipinski definition) is 3. The van der Waals surface area contributed by atoms with Gasteiger partial charge < -0.3 is 4.90 Å². The Morgan fingerprint density at radius 3 is 2.52 bits per heavy atom. The van der Waals surface area contributed by atoms with Crippen molar-refractivity contribution in [2.45, 2.75) is 44.4 Å². The van der Waals surface area contributed by atoms with Gasteiger partial charge in [0.15, 0.2) is 0 Å². The highest BCUT2D eigenvalue weighted by molar-refractivity contribution is 5.92. The SMILES string of the molecule is CC1(C)[C@@H]2CC[C@@]1(C(=O)N1CCC1)c1nnc(-c3c(F)cccc3F)cc12. The number of likely N-dealkylation sites (tertiary alicyclic amines) is 1. The van der Waals surface area contributed by atoms with Gasteiger partial charge in [-0.2, -0.15) is 5.10 Å². The second-order valence-electron chi connectivity index (χ2n) is 8.49. The maximum atomic E-state index is 14.2. The quantitative estimate of drug-likeness (QED) is 0.809. The summed E-state index contributed by atoms with van der Waals surface area (Å²) in [6, 6.07) is 5.53. The number of carbonyl (C=O) groups is 1. The molecule has 0 N–H and O–H groups in total. The Labute approximate surface area is 156 Å². The maximum absolute atomic E-state index is 14.2. The molecule has 1 aromatic heterocycles. The van der Waals surface area contributed by atoms with Crippen LogP contribution in [0.25, 0.3) is 11.3 Å². The molecule has 0 unspecified atom stereocenters. The Morgan fingerprint density at radius 1 is 1.19 bits per heavy atom. The molecule has 2 bridgehead atoms. The molecule has 27 heavy (non-hydrogen) atoms. The number of halogens is 2. The van der Waals surface area contributed by atoms with E-state index in [0.29, 0.717) is 5.69 Å². The summed E-state index contributed by atoms with van der Waals surface area (Å²) < 4.78 is 28.4. The van der Waals surface area contributed by atoms with Crippen LogP contribution in [0.3, 0.4) is 0 Å². The van der Waals surface area contributed by atoms with E-state index < -0.39 is 17.0 Å². The number of nitrogens with zero attached hydrogens (tertiary/aromatic N) is 3. The molecule has 2 aromatic rings. The number of aromatic nitrogens is 2. The normalized spacial score (nSPS) is 27.4. The highest BCUT2D eigenvalue weighted by Crippen LogP contribution is 2.68. The standard InChI is InChI=1S/C21H21F2N3O/c1-20(2)13-7-8-21(20,19(27)26-9-4-10-26)18-12(13)11-16(24-25-18)17-14(22)5-3-6-15(17)23/h3,5-6,11,13H,4,7-10H2,1-2H3/t13-,21+/m1/s1. The lowest BCUT2D eigenvalue weighted by Gasteiger charge is -2.43. The fourth-order valence-electron chi connectivity index (χ4n) is 5.45. The van der Waals surface area contributed by atoms with Gasteiger partial charge in [0.2, 0.25) is 5.91 Å². The van der Waals surface area contributed by atoms with Gasteiger partial charge in [-0.05, 0) is 54.4 Å². The van der Waals surface area contributed by atoms with Gasteiger partial charge in [0.25, 0.3) is 0 Å². The van der Waals surface area contributed by atoms with Crippen molar-refractivity contribution in [3.8, 4) is 11.3 Å². The van der Waals surface area contributed by atoms with Crippen LogP contribution in [-0.2, 0) is 10.2 Å². The monoisotopic (exact) mass is 369 g/mol. The van der Waals surface area contributed by atoms with Crippen molar-refractivity contribution in [3.05, 3.63) is 47.2 Å². The Morgan fingerprint density at radius 2 is 1.89 bits per heavy atom. The molecule has 2 heterocycles. The average molecular weight is 369 g/mol. The summed E-state index contributed by atoms with van der Waals surface area (Å²) in [5.74, 6) is -1.03. The zero-order chi connectivity index (χ0) is 19.0. The van der Waals surface area contributed by atoms with Crippen molar-refractivity contribution >= 4 is 5.91 Å². The number of amides is 1. The molecule has 3 aliphatic rings. The van der Waals surface area contributed by atoms with Gasteiger partial charge in [-0.25, -0.2) is 8.78 Å². The van der Waals surface area contributed by atoms with Crippen molar-refractivity contribution in [1.82, 2.24) is 15.1 Å². The maximum Gasteiger partial charge on any atom is 0.235 e. The van der Waals surface area contributed by atoms with Crippen LogP contribution in [0.1, 0.15) is 50.3 Å². The Bertz CT molecular complexity index is 950. The van der Waals surface area contributed by atoms with Gasteiger partial charge in [-0.15, -0.1) is 5.10 Å². The van der Waals surface area contributed by atoms with Gasteiger partial charge in [-0.3, -0.25) is 4.79 Å². The largest absolute Gasteiger partial charge is 0.342 e. The van der Waals surface area contributed by atoms with E-state index in [9.17, 15) is 13.6 Å². The lowest BCUT2D eigenvalue weighted by molar-refractivity contribution is -0.144. The van der Waals surface area contributed by atoms with Crippen LogP contribution in [0.5, 0.6) is 0 Å². The second-order valence-corrected chi connectivity index (χ2v) is 8.49. The molecule has 1 aromatic carbocycles. The summed E-state index contributed by atoms with van der Waals surface area (Å²) in [5.41, 5.74) is 0.709. The Hall–Kier alpha value is -2.37. The first-order valence-electron chi connectivity index (χ1n) is 9.50. The molecule has 1 saturated carbocycles. The molecule has 2 aliphatic carbocycles. The van der Waals surface area contributed by atoms with Crippen LogP contribution >= 0.6 is 0 Å². The predicted molar refractivity (Wildman–Crippen MR) is 96.0 cm³/mol. The van der Waals surface area contributed by atoms with Crippen LogP contribution in [0.4, 0.5) is 8.78 Å². The van der Waals surface area contributed by atoms with E-state index >= 15 is 0 Å². The predicted octanol–water partition coefficient (Wildman–Crippen LogP) is 3.81. The van der Waals surface area contributed by atoms with Crippen molar-refractivity contribution in [2.24, 2.45) is 5.41 Å². The minimum Gasteiger partial charge on any atom is -0.342 e. The van der Waals surface area contributed by atoms with Gasteiger partial charge >= 0.3 is 0 Å². The van der Waals surface area contributed by atoms with E-state index in [1.54, 1.807) is 6.07 Å². The summed E-state index contributed by atoms with van der Waals surface area (Å²) in [6.07, 6.45) is 2.68. The van der Waals surface area contributed by atoms with E-state index in [1.165, 1.54) is 18.2 Å². The van der Waals surface area contributed by atoms with E-state index in [2.05, 4.69) is 24.0 Å². The molecule has 0 spiro atoms. The molecule has 0 radical (unpaired) electrons. The summed E-state index contributed by atoms with van der Waals surface area (Å²) in [4.78, 5) is 15.3. The third-order valence-electron chi connectivity index (χ3n) is 7.11. The third-order valence-corrected chi connectivity index (χ3v) is 7.11. The topological polar surface area (TPSA) is 46.1 Å². The minimum atomic E-state index is -0.674. The summed E-state index contributed by atoms with van der Waals surface area (Å²) in [7, 11) is 0. The van der Waals surface area contributed by atoms with Gasteiger partial charge in [0.1, 0.15) is 11.6 Å². The van der Waals surface area contributed by atoms with Gasteiger partial charge in [0.05, 0.1) is 22.4 Å². The molecule has 140 valence electrons. The number of rotatable bonds is 2. The lowest BCUT2D eigenvalue weighted by Crippen LogP contribution is -2.55. The first kappa shape index (κ1) is 16.8. The molecule has 1 amide bonds. The summed E-state index contributed by atoms with van der Waals surface area (Å²) >= 11 is 0. The smallest absolute Gasteiger partial charge is 0.235 e. The molecular formula is C21H21F2N3O.